The van der Waals surface area contributed by atoms with Crippen LogP contribution in [0.2, 0.25) is 0 Å². The van der Waals surface area contributed by atoms with Crippen molar-refractivity contribution in [1.29, 1.82) is 0 Å². The lowest BCUT2D eigenvalue weighted by atomic mass is 10.1. The van der Waals surface area contributed by atoms with Crippen molar-refractivity contribution in [2.45, 2.75) is 26.8 Å². The molecule has 0 atom stereocenters. The summed E-state index contributed by atoms with van der Waals surface area (Å²) in [6.07, 6.45) is -3.28. The Hall–Kier alpha value is -3.49. The van der Waals surface area contributed by atoms with E-state index >= 15 is 0 Å². The van der Waals surface area contributed by atoms with Crippen LogP contribution in [0, 0.1) is 13.8 Å². The van der Waals surface area contributed by atoms with E-state index in [0.29, 0.717) is 23.9 Å². The Balaban J connectivity index is 1.54. The summed E-state index contributed by atoms with van der Waals surface area (Å²) in [7, 11) is 0. The molecule has 0 bridgehead atoms. The summed E-state index contributed by atoms with van der Waals surface area (Å²) in [6, 6.07) is 11.6. The summed E-state index contributed by atoms with van der Waals surface area (Å²) in [5.74, 6) is 0.985. The fourth-order valence-corrected chi connectivity index (χ4v) is 3.14. The quantitative estimate of drug-likeness (QED) is 0.636. The van der Waals surface area contributed by atoms with Gasteiger partial charge in [0.05, 0.1) is 17.8 Å². The zero-order valence-corrected chi connectivity index (χ0v) is 15.7. The molecule has 6 nitrogen and oxygen atoms in total. The monoisotopic (exact) mass is 401 g/mol. The van der Waals surface area contributed by atoms with Crippen LogP contribution in [0.3, 0.4) is 0 Å². The zero-order valence-electron chi connectivity index (χ0n) is 15.7. The zero-order chi connectivity index (χ0) is 20.6. The second-order valence-electron chi connectivity index (χ2n) is 6.66. The molecule has 3 aromatic rings. The third kappa shape index (κ3) is 4.03. The molecular weight excluding hydrogens is 383 g/mol. The number of benzene rings is 2. The van der Waals surface area contributed by atoms with Crippen LogP contribution in [0.15, 0.2) is 48.8 Å². The van der Waals surface area contributed by atoms with Gasteiger partial charge in [0.2, 0.25) is 0 Å². The van der Waals surface area contributed by atoms with Gasteiger partial charge in [0.25, 0.3) is 0 Å². The standard InChI is InChI=1S/C20H18F3N5O/c1-12-4-3-5-17(13(12)2)28-10-16-18(24-11-25-19(16)27-28)26-14-6-8-15(9-7-14)29-20(21,22)23/h3-9,11H,10H2,1-2H3,(H2,24,25,26,27). The molecule has 0 radical (unpaired) electrons. The largest absolute Gasteiger partial charge is 0.573 e. The van der Waals surface area contributed by atoms with Crippen LogP contribution in [-0.4, -0.2) is 16.3 Å². The molecular formula is C20H18F3N5O. The van der Waals surface area contributed by atoms with E-state index in [2.05, 4.69) is 45.4 Å². The molecule has 2 aromatic carbocycles. The number of hydrogen-bond acceptors (Lipinski definition) is 6. The number of ether oxygens (including phenoxy) is 1. The highest BCUT2D eigenvalue weighted by Gasteiger charge is 2.31. The average molecular weight is 401 g/mol. The van der Waals surface area contributed by atoms with Crippen molar-refractivity contribution in [3.8, 4) is 5.75 Å². The topological polar surface area (TPSA) is 62.3 Å². The Morgan fingerprint density at radius 3 is 2.55 bits per heavy atom. The minimum absolute atomic E-state index is 0.279. The summed E-state index contributed by atoms with van der Waals surface area (Å²) in [5.41, 5.74) is 8.12. The summed E-state index contributed by atoms with van der Waals surface area (Å²) < 4.78 is 40.8. The first-order chi connectivity index (χ1) is 13.8. The molecule has 0 saturated carbocycles. The smallest absolute Gasteiger partial charge is 0.406 e. The van der Waals surface area contributed by atoms with Gasteiger partial charge in [-0.3, -0.25) is 10.4 Å². The van der Waals surface area contributed by atoms with Gasteiger partial charge >= 0.3 is 6.36 Å². The minimum atomic E-state index is -4.72. The highest BCUT2D eigenvalue weighted by atomic mass is 19.4. The van der Waals surface area contributed by atoms with Crippen molar-refractivity contribution in [1.82, 2.24) is 9.97 Å². The van der Waals surface area contributed by atoms with Crippen LogP contribution < -0.4 is 20.5 Å². The van der Waals surface area contributed by atoms with Crippen LogP contribution in [0.1, 0.15) is 16.7 Å². The number of rotatable bonds is 4. The third-order valence-corrected chi connectivity index (χ3v) is 4.72. The number of alkyl halides is 3. The fourth-order valence-electron chi connectivity index (χ4n) is 3.14. The Morgan fingerprint density at radius 1 is 1.07 bits per heavy atom. The number of aromatic nitrogens is 2. The van der Waals surface area contributed by atoms with Gasteiger partial charge in [-0.2, -0.15) is 0 Å². The molecule has 150 valence electrons. The number of fused-ring (bicyclic) bond motifs is 1. The number of halogens is 3. The molecule has 29 heavy (non-hydrogen) atoms. The number of aryl methyl sites for hydroxylation is 1. The van der Waals surface area contributed by atoms with Crippen LogP contribution in [0.5, 0.6) is 5.75 Å². The lowest BCUT2D eigenvalue weighted by molar-refractivity contribution is -0.274. The SMILES string of the molecule is Cc1cccc(N2Cc3c(Nc4ccc(OC(F)(F)F)cc4)ncnc3N2)c1C. The maximum atomic E-state index is 12.3. The molecule has 0 saturated heterocycles. The van der Waals surface area contributed by atoms with Crippen molar-refractivity contribution < 1.29 is 17.9 Å². The van der Waals surface area contributed by atoms with E-state index in [-0.39, 0.29) is 5.75 Å². The molecule has 1 aliphatic heterocycles. The molecule has 0 unspecified atom stereocenters. The predicted octanol–water partition coefficient (Wildman–Crippen LogP) is 5.08. The highest BCUT2D eigenvalue weighted by molar-refractivity contribution is 5.72. The van der Waals surface area contributed by atoms with Gasteiger partial charge in [0.15, 0.2) is 5.82 Å². The van der Waals surface area contributed by atoms with Gasteiger partial charge in [0, 0.05) is 5.69 Å². The van der Waals surface area contributed by atoms with Crippen LogP contribution in [-0.2, 0) is 6.54 Å². The Morgan fingerprint density at radius 2 is 1.83 bits per heavy atom. The average Bonchev–Trinajstić information content (AvgIpc) is 3.09. The van der Waals surface area contributed by atoms with Crippen molar-refractivity contribution in [3.63, 3.8) is 0 Å². The van der Waals surface area contributed by atoms with E-state index in [9.17, 15) is 13.2 Å². The van der Waals surface area contributed by atoms with Crippen molar-refractivity contribution >= 4 is 23.0 Å². The summed E-state index contributed by atoms with van der Waals surface area (Å²) >= 11 is 0. The van der Waals surface area contributed by atoms with Gasteiger partial charge in [-0.15, -0.1) is 13.2 Å². The molecule has 9 heteroatoms. The minimum Gasteiger partial charge on any atom is -0.406 e. The van der Waals surface area contributed by atoms with Gasteiger partial charge < -0.3 is 10.1 Å². The molecule has 0 spiro atoms. The third-order valence-electron chi connectivity index (χ3n) is 4.72. The van der Waals surface area contributed by atoms with Gasteiger partial charge in [0.1, 0.15) is 17.9 Å². The summed E-state index contributed by atoms with van der Waals surface area (Å²) in [4.78, 5) is 8.59. The van der Waals surface area contributed by atoms with E-state index < -0.39 is 6.36 Å². The van der Waals surface area contributed by atoms with Crippen molar-refractivity contribution in [2.24, 2.45) is 0 Å². The highest BCUT2D eigenvalue weighted by Crippen LogP contribution is 2.34. The van der Waals surface area contributed by atoms with Crippen molar-refractivity contribution in [3.05, 3.63) is 65.5 Å². The Bertz CT molecular complexity index is 1040. The van der Waals surface area contributed by atoms with E-state index in [1.165, 1.54) is 36.2 Å². The van der Waals surface area contributed by atoms with Crippen LogP contribution >= 0.6 is 0 Å². The Labute approximate surface area is 165 Å². The van der Waals surface area contributed by atoms with E-state index in [1.807, 2.05) is 17.1 Å². The van der Waals surface area contributed by atoms with E-state index in [1.54, 1.807) is 0 Å². The summed E-state index contributed by atoms with van der Waals surface area (Å²) in [5, 5.41) is 5.13. The fraction of sp³-hybridized carbons (Fsp3) is 0.200. The normalized spacial score (nSPS) is 13.1. The molecule has 2 heterocycles. The molecule has 0 amide bonds. The molecule has 0 aliphatic carbocycles. The number of nitrogens with one attached hydrogen (secondary N) is 2. The number of hydrazine groups is 1. The van der Waals surface area contributed by atoms with E-state index in [4.69, 9.17) is 0 Å². The molecule has 1 aliphatic rings. The number of nitrogens with zero attached hydrogens (tertiary/aromatic N) is 3. The first-order valence-corrected chi connectivity index (χ1v) is 8.87. The molecule has 0 fully saturated rings. The summed E-state index contributed by atoms with van der Waals surface area (Å²) in [6.45, 7) is 4.66. The van der Waals surface area contributed by atoms with Crippen LogP contribution in [0.25, 0.3) is 0 Å². The second-order valence-corrected chi connectivity index (χ2v) is 6.66. The molecule has 1 aromatic heterocycles. The number of anilines is 4. The second kappa shape index (κ2) is 7.16. The molecule has 4 rings (SSSR count). The Kier molecular flexibility index (Phi) is 4.65. The number of hydrogen-bond donors (Lipinski definition) is 2. The maximum absolute atomic E-state index is 12.3. The van der Waals surface area contributed by atoms with E-state index in [0.717, 1.165) is 16.8 Å². The lowest BCUT2D eigenvalue weighted by Crippen LogP contribution is -2.23. The van der Waals surface area contributed by atoms with Gasteiger partial charge in [-0.05, 0) is 55.3 Å². The van der Waals surface area contributed by atoms with Crippen molar-refractivity contribution in [2.75, 3.05) is 15.8 Å². The van der Waals surface area contributed by atoms with Crippen LogP contribution in [0.4, 0.5) is 36.2 Å². The first kappa shape index (κ1) is 18.9. The maximum Gasteiger partial charge on any atom is 0.573 e. The van der Waals surface area contributed by atoms with Gasteiger partial charge in [-0.1, -0.05) is 12.1 Å². The first-order valence-electron chi connectivity index (χ1n) is 8.87. The predicted molar refractivity (Wildman–Crippen MR) is 104 cm³/mol. The molecule has 2 N–H and O–H groups in total. The lowest BCUT2D eigenvalue weighted by Gasteiger charge is -2.21. The van der Waals surface area contributed by atoms with Gasteiger partial charge in [-0.25, -0.2) is 9.97 Å².